The Balaban J connectivity index is 2.23. The molecule has 0 saturated heterocycles. The summed E-state index contributed by atoms with van der Waals surface area (Å²) in [5, 5.41) is 2.73. The lowest BCUT2D eigenvalue weighted by molar-refractivity contribution is -0.114. The molecular formula is C17H19BrN2O3S. The second kappa shape index (κ2) is 7.36. The smallest absolute Gasteiger partial charge is 0.245 e. The van der Waals surface area contributed by atoms with Gasteiger partial charge in [-0.3, -0.25) is 9.10 Å². The first kappa shape index (κ1) is 18.5. The Morgan fingerprint density at radius 2 is 1.88 bits per heavy atom. The molecule has 0 atom stereocenters. The molecule has 0 spiro atoms. The fourth-order valence-electron chi connectivity index (χ4n) is 2.24. The van der Waals surface area contributed by atoms with Crippen LogP contribution in [0.25, 0.3) is 0 Å². The van der Waals surface area contributed by atoms with Crippen LogP contribution in [0.3, 0.4) is 0 Å². The molecule has 2 rings (SSSR count). The first-order chi connectivity index (χ1) is 11.2. The van der Waals surface area contributed by atoms with Crippen molar-refractivity contribution < 1.29 is 13.2 Å². The van der Waals surface area contributed by atoms with Gasteiger partial charge in [0.2, 0.25) is 15.9 Å². The second-order valence-corrected chi connectivity index (χ2v) is 8.38. The fourth-order valence-corrected chi connectivity index (χ4v) is 3.33. The van der Waals surface area contributed by atoms with Crippen LogP contribution < -0.4 is 9.62 Å². The molecule has 0 heterocycles. The standard InChI is InChI=1S/C17H19BrN2O3S/c1-12-5-4-6-14(9-12)19-17(21)11-20(24(3,22)23)15-7-8-16(18)13(2)10-15/h4-10H,11H2,1-3H3,(H,19,21). The summed E-state index contributed by atoms with van der Waals surface area (Å²) in [5.74, 6) is -0.397. The zero-order chi connectivity index (χ0) is 17.9. The van der Waals surface area contributed by atoms with Crippen LogP contribution in [0.4, 0.5) is 11.4 Å². The Hall–Kier alpha value is -1.86. The quantitative estimate of drug-likeness (QED) is 0.820. The van der Waals surface area contributed by atoms with Crippen LogP contribution in [-0.2, 0) is 14.8 Å². The summed E-state index contributed by atoms with van der Waals surface area (Å²) in [4.78, 5) is 12.3. The van der Waals surface area contributed by atoms with Crippen molar-refractivity contribution in [3.05, 3.63) is 58.1 Å². The van der Waals surface area contributed by atoms with E-state index in [4.69, 9.17) is 0 Å². The van der Waals surface area contributed by atoms with E-state index in [0.29, 0.717) is 11.4 Å². The minimum atomic E-state index is -3.59. The fraction of sp³-hybridized carbons (Fsp3) is 0.235. The number of nitrogens with zero attached hydrogens (tertiary/aromatic N) is 1. The third-order valence-corrected chi connectivity index (χ3v) is 5.45. The number of hydrogen-bond acceptors (Lipinski definition) is 3. The number of amides is 1. The average Bonchev–Trinajstić information content (AvgIpc) is 2.47. The Morgan fingerprint density at radius 3 is 2.46 bits per heavy atom. The lowest BCUT2D eigenvalue weighted by Crippen LogP contribution is -2.37. The van der Waals surface area contributed by atoms with Crippen LogP contribution in [0.1, 0.15) is 11.1 Å². The summed E-state index contributed by atoms with van der Waals surface area (Å²) >= 11 is 3.38. The average molecular weight is 411 g/mol. The molecule has 1 amide bonds. The SMILES string of the molecule is Cc1cccc(NC(=O)CN(c2ccc(Br)c(C)c2)S(C)(=O)=O)c1. The van der Waals surface area contributed by atoms with Crippen LogP contribution in [0.5, 0.6) is 0 Å². The predicted molar refractivity (Wildman–Crippen MR) is 101 cm³/mol. The number of benzene rings is 2. The molecule has 0 radical (unpaired) electrons. The van der Waals surface area contributed by atoms with Gasteiger partial charge in [-0.25, -0.2) is 8.42 Å². The minimum absolute atomic E-state index is 0.284. The number of anilines is 2. The molecule has 0 bridgehead atoms. The van der Waals surface area contributed by atoms with Crippen LogP contribution >= 0.6 is 15.9 Å². The van der Waals surface area contributed by atoms with Gasteiger partial charge in [-0.1, -0.05) is 28.1 Å². The number of carbonyl (C=O) groups is 1. The van der Waals surface area contributed by atoms with Crippen molar-refractivity contribution in [1.82, 2.24) is 0 Å². The first-order valence-corrected chi connectivity index (χ1v) is 9.91. The molecule has 0 aliphatic rings. The van der Waals surface area contributed by atoms with Gasteiger partial charge >= 0.3 is 0 Å². The summed E-state index contributed by atoms with van der Waals surface area (Å²) in [7, 11) is -3.59. The molecule has 0 aliphatic heterocycles. The topological polar surface area (TPSA) is 66.5 Å². The van der Waals surface area contributed by atoms with Crippen LogP contribution in [0.2, 0.25) is 0 Å². The highest BCUT2D eigenvalue weighted by atomic mass is 79.9. The van der Waals surface area contributed by atoms with Gasteiger partial charge in [-0.05, 0) is 55.3 Å². The van der Waals surface area contributed by atoms with E-state index in [0.717, 1.165) is 26.2 Å². The van der Waals surface area contributed by atoms with E-state index in [1.54, 1.807) is 24.3 Å². The van der Waals surface area contributed by atoms with Gasteiger partial charge in [-0.15, -0.1) is 0 Å². The molecule has 128 valence electrons. The van der Waals surface area contributed by atoms with Gasteiger partial charge in [0.05, 0.1) is 11.9 Å². The van der Waals surface area contributed by atoms with Crippen LogP contribution in [0, 0.1) is 13.8 Å². The van der Waals surface area contributed by atoms with Crippen molar-refractivity contribution in [2.24, 2.45) is 0 Å². The van der Waals surface area contributed by atoms with Gasteiger partial charge in [0.1, 0.15) is 6.54 Å². The molecule has 0 aromatic heterocycles. The number of sulfonamides is 1. The zero-order valence-electron chi connectivity index (χ0n) is 13.7. The molecule has 0 fully saturated rings. The molecule has 2 aromatic rings. The molecule has 0 unspecified atom stereocenters. The van der Waals surface area contributed by atoms with E-state index < -0.39 is 15.9 Å². The summed E-state index contributed by atoms with van der Waals surface area (Å²) in [5.41, 5.74) is 2.99. The van der Waals surface area contributed by atoms with E-state index in [-0.39, 0.29) is 6.54 Å². The normalized spacial score (nSPS) is 11.2. The number of aryl methyl sites for hydroxylation is 2. The van der Waals surface area contributed by atoms with Crippen molar-refractivity contribution in [3.8, 4) is 0 Å². The van der Waals surface area contributed by atoms with E-state index in [2.05, 4.69) is 21.2 Å². The molecule has 2 aromatic carbocycles. The maximum Gasteiger partial charge on any atom is 0.245 e. The number of carbonyl (C=O) groups excluding carboxylic acids is 1. The predicted octanol–water partition coefficient (Wildman–Crippen LogP) is 3.47. The molecule has 0 aliphatic carbocycles. The third-order valence-electron chi connectivity index (χ3n) is 3.42. The van der Waals surface area contributed by atoms with Gasteiger partial charge in [-0.2, -0.15) is 0 Å². The van der Waals surface area contributed by atoms with Gasteiger partial charge in [0, 0.05) is 10.2 Å². The summed E-state index contributed by atoms with van der Waals surface area (Å²) in [6, 6.07) is 12.5. The van der Waals surface area contributed by atoms with Crippen molar-refractivity contribution in [1.29, 1.82) is 0 Å². The number of halogens is 1. The van der Waals surface area contributed by atoms with E-state index >= 15 is 0 Å². The Morgan fingerprint density at radius 1 is 1.17 bits per heavy atom. The monoisotopic (exact) mass is 410 g/mol. The number of nitrogens with one attached hydrogen (secondary N) is 1. The molecule has 1 N–H and O–H groups in total. The van der Waals surface area contributed by atoms with E-state index in [9.17, 15) is 13.2 Å². The number of rotatable bonds is 5. The highest BCUT2D eigenvalue weighted by molar-refractivity contribution is 9.10. The highest BCUT2D eigenvalue weighted by Crippen LogP contribution is 2.24. The summed E-state index contributed by atoms with van der Waals surface area (Å²) in [6.45, 7) is 3.50. The van der Waals surface area contributed by atoms with Crippen molar-refractivity contribution in [2.75, 3.05) is 22.4 Å². The van der Waals surface area contributed by atoms with Crippen molar-refractivity contribution in [3.63, 3.8) is 0 Å². The molecular weight excluding hydrogens is 392 g/mol. The van der Waals surface area contributed by atoms with Gasteiger partial charge in [0.15, 0.2) is 0 Å². The van der Waals surface area contributed by atoms with E-state index in [1.807, 2.05) is 32.0 Å². The Kier molecular flexibility index (Phi) is 5.66. The molecule has 7 heteroatoms. The van der Waals surface area contributed by atoms with Crippen LogP contribution in [0.15, 0.2) is 46.9 Å². The van der Waals surface area contributed by atoms with Crippen molar-refractivity contribution in [2.45, 2.75) is 13.8 Å². The largest absolute Gasteiger partial charge is 0.325 e. The van der Waals surface area contributed by atoms with Crippen LogP contribution in [-0.4, -0.2) is 27.1 Å². The van der Waals surface area contributed by atoms with Gasteiger partial charge < -0.3 is 5.32 Å². The lowest BCUT2D eigenvalue weighted by atomic mass is 10.2. The molecule has 0 saturated carbocycles. The Bertz CT molecular complexity index is 866. The second-order valence-electron chi connectivity index (χ2n) is 5.62. The Labute approximate surface area is 150 Å². The maximum atomic E-state index is 12.3. The van der Waals surface area contributed by atoms with Gasteiger partial charge in [0.25, 0.3) is 0 Å². The summed E-state index contributed by atoms with van der Waals surface area (Å²) < 4.78 is 26.2. The first-order valence-electron chi connectivity index (χ1n) is 7.27. The summed E-state index contributed by atoms with van der Waals surface area (Å²) in [6.07, 6.45) is 1.09. The lowest BCUT2D eigenvalue weighted by Gasteiger charge is -2.22. The number of hydrogen-bond donors (Lipinski definition) is 1. The van der Waals surface area contributed by atoms with E-state index in [1.165, 1.54) is 0 Å². The third kappa shape index (κ3) is 4.82. The molecule has 5 nitrogen and oxygen atoms in total. The highest BCUT2D eigenvalue weighted by Gasteiger charge is 2.21. The zero-order valence-corrected chi connectivity index (χ0v) is 16.1. The maximum absolute atomic E-state index is 12.3. The van der Waals surface area contributed by atoms with Crippen molar-refractivity contribution >= 4 is 43.2 Å². The minimum Gasteiger partial charge on any atom is -0.325 e. The molecule has 24 heavy (non-hydrogen) atoms.